The molecule has 96 heavy (non-hydrogen) atoms. The SMILES string of the molecule is CC(C)(C)c1cc(C2=C3C=CC(=N3)C(c3c(NC(=O)[C@@H]4CCCO4)cccc3NC(=O)[C@@H]3CCCO3)=c3ccc([nH]3)=C(c3cc(C(C)(C)C)cc(C(C)(C)C)c3)C3C=CC(=C(c4c(NC(=O)[C@@H]5CCCO5)cccc4NC(=O)[C@@H]4CCCO4)c4ccc2[nH]4)N3)cc(C(C)(C)C)c1. The molecule has 0 aliphatic carbocycles. The van der Waals surface area contributed by atoms with Crippen molar-refractivity contribution in [2.75, 3.05) is 47.7 Å². The lowest BCUT2D eigenvalue weighted by atomic mass is 9.78. The summed E-state index contributed by atoms with van der Waals surface area (Å²) in [5.74, 6) is -1.11. The molecule has 16 nitrogen and oxygen atoms in total. The van der Waals surface area contributed by atoms with Crippen LogP contribution in [0.4, 0.5) is 22.7 Å². The fraction of sp³-hybridized carbons (Fsp3) is 0.412. The molecule has 0 spiro atoms. The molecule has 13 rings (SSSR count). The number of nitrogens with zero attached hydrogens (tertiary/aromatic N) is 1. The van der Waals surface area contributed by atoms with Gasteiger partial charge in [0, 0.05) is 87.6 Å². The zero-order valence-corrected chi connectivity index (χ0v) is 57.6. The second-order valence-corrected chi connectivity index (χ2v) is 30.7. The maximum Gasteiger partial charge on any atom is 0.253 e. The number of aromatic amines is 2. The van der Waals surface area contributed by atoms with Crippen LogP contribution in [0.3, 0.4) is 0 Å². The number of allylic oxidation sites excluding steroid dienone is 3. The largest absolute Gasteiger partial charge is 0.374 e. The molecule has 9 heterocycles. The number of ether oxygens (including phenoxy) is 4. The van der Waals surface area contributed by atoms with E-state index in [1.165, 1.54) is 0 Å². The van der Waals surface area contributed by atoms with Gasteiger partial charge in [0.1, 0.15) is 24.4 Å². The first-order valence-corrected chi connectivity index (χ1v) is 34.4. The highest BCUT2D eigenvalue weighted by Crippen LogP contribution is 2.44. The summed E-state index contributed by atoms with van der Waals surface area (Å²) in [7, 11) is 0. The Balaban J connectivity index is 1.15. The predicted octanol–water partition coefficient (Wildman–Crippen LogP) is 13.2. The average molecular weight is 1290 g/mol. The van der Waals surface area contributed by atoms with Crippen molar-refractivity contribution in [1.29, 1.82) is 0 Å². The van der Waals surface area contributed by atoms with E-state index in [9.17, 15) is 19.2 Å². The van der Waals surface area contributed by atoms with Crippen LogP contribution in [-0.2, 0) is 59.8 Å². The molecule has 16 heteroatoms. The molecule has 0 saturated carbocycles. The number of carbonyl (C=O) groups excluding carboxylic acids is 4. The Hall–Kier alpha value is -8.67. The molecule has 4 aromatic carbocycles. The van der Waals surface area contributed by atoms with Crippen LogP contribution >= 0.6 is 0 Å². The highest BCUT2D eigenvalue weighted by atomic mass is 16.5. The summed E-state index contributed by atoms with van der Waals surface area (Å²) in [6.45, 7) is 28.8. The predicted molar refractivity (Wildman–Crippen MR) is 382 cm³/mol. The number of amides is 4. The smallest absolute Gasteiger partial charge is 0.253 e. The van der Waals surface area contributed by atoms with E-state index in [1.54, 1.807) is 0 Å². The highest BCUT2D eigenvalue weighted by Gasteiger charge is 2.36. The van der Waals surface area contributed by atoms with Crippen LogP contribution in [0.15, 0.2) is 138 Å². The lowest BCUT2D eigenvalue weighted by molar-refractivity contribution is -0.125. The minimum atomic E-state index is -0.656. The first kappa shape index (κ1) is 66.0. The van der Waals surface area contributed by atoms with Crippen molar-refractivity contribution in [2.45, 2.75) is 187 Å². The number of hydrogen-bond donors (Lipinski definition) is 7. The number of hydrogen-bond acceptors (Lipinski definition) is 10. The minimum Gasteiger partial charge on any atom is -0.374 e. The van der Waals surface area contributed by atoms with Gasteiger partial charge in [0.05, 0.1) is 40.2 Å². The molecule has 6 aromatic rings. The summed E-state index contributed by atoms with van der Waals surface area (Å²) < 4.78 is 24.0. The van der Waals surface area contributed by atoms with Gasteiger partial charge in [0.15, 0.2) is 0 Å². The third-order valence-corrected chi connectivity index (χ3v) is 19.4. The normalized spacial score (nSPS) is 21.3. The van der Waals surface area contributed by atoms with Gasteiger partial charge in [-0.25, -0.2) is 4.99 Å². The maximum absolute atomic E-state index is 14.5. The standard InChI is InChI=1S/C80H92N8O8/c1-77(2,3)47-39-45(40-48(43-47)78(4,5)6)67-55-27-31-59(81-55)71(69-51(85-73(89)63-23-15-35-93-63)19-13-20-52(69)86-74(90)64-24-16-36-94-64)61-33-29-57(83-61)68(46-41-49(79(7,8)9)44-50(42-46)80(10,11)12)58-30-34-62(84-58)72(60-32-28-56(67)82-60)70-53(87-75(91)65-25-17-37-95-65)21-14-22-54(70)88-76(92)66-26-18-38-96-66/h13-14,19-22,27-34,39-44,55,63-66,81-83H,15-18,23-26,35-38H2,1-12H3,(H,85,89)(H,86,90)(H,87,91)(H,88,92)/t55?,63-,64-,65-,66-/m0/s1. The Kier molecular flexibility index (Phi) is 17.9. The Morgan fingerprint density at radius 3 is 1.24 bits per heavy atom. The molecular formula is C80H92N8O8. The summed E-state index contributed by atoms with van der Waals surface area (Å²) >= 11 is 0. The van der Waals surface area contributed by atoms with Gasteiger partial charge in [-0.15, -0.1) is 0 Å². The van der Waals surface area contributed by atoms with Crippen molar-refractivity contribution in [2.24, 2.45) is 4.99 Å². The molecule has 7 aliphatic rings. The molecule has 2 aromatic heterocycles. The summed E-state index contributed by atoms with van der Waals surface area (Å²) in [4.78, 5) is 71.8. The highest BCUT2D eigenvalue weighted by molar-refractivity contribution is 6.33. The maximum atomic E-state index is 14.5. The molecule has 5 atom stereocenters. The van der Waals surface area contributed by atoms with Crippen LogP contribution in [0.5, 0.6) is 0 Å². The Morgan fingerprint density at radius 1 is 0.438 bits per heavy atom. The molecule has 4 saturated heterocycles. The monoisotopic (exact) mass is 1290 g/mol. The van der Waals surface area contributed by atoms with Crippen molar-refractivity contribution in [3.05, 3.63) is 199 Å². The molecule has 4 fully saturated rings. The van der Waals surface area contributed by atoms with Crippen LogP contribution < -0.4 is 37.3 Å². The van der Waals surface area contributed by atoms with Crippen molar-refractivity contribution in [3.63, 3.8) is 0 Å². The van der Waals surface area contributed by atoms with Crippen LogP contribution in [0.2, 0.25) is 0 Å². The Morgan fingerprint density at radius 2 is 0.833 bits per heavy atom. The van der Waals surface area contributed by atoms with Crippen molar-refractivity contribution in [3.8, 4) is 0 Å². The quantitative estimate of drug-likeness (QED) is 0.0621. The van der Waals surface area contributed by atoms with E-state index < -0.39 is 30.5 Å². The minimum absolute atomic E-state index is 0.247. The number of benzene rings is 4. The summed E-state index contributed by atoms with van der Waals surface area (Å²) in [6.07, 6.45) is 11.1. The third-order valence-electron chi connectivity index (χ3n) is 19.4. The first-order chi connectivity index (χ1) is 45.7. The second-order valence-electron chi connectivity index (χ2n) is 30.7. The number of anilines is 4. The number of aliphatic imine (C=N–C) groups is 1. The molecular weight excluding hydrogens is 1200 g/mol. The molecule has 7 N–H and O–H groups in total. The van der Waals surface area contributed by atoms with Gasteiger partial charge in [-0.05, 0) is 173 Å². The Labute approximate surface area is 563 Å². The van der Waals surface area contributed by atoms with Gasteiger partial charge in [-0.3, -0.25) is 19.2 Å². The average Bonchev–Trinajstić information content (AvgIpc) is 1.41. The van der Waals surface area contributed by atoms with Crippen LogP contribution in [0.25, 0.3) is 22.3 Å². The number of carbonyl (C=O) groups is 4. The van der Waals surface area contributed by atoms with Gasteiger partial charge in [-0.2, -0.15) is 0 Å². The summed E-state index contributed by atoms with van der Waals surface area (Å²) in [5, 5.41) is 18.7. The van der Waals surface area contributed by atoms with E-state index in [2.05, 4.69) is 199 Å². The zero-order valence-electron chi connectivity index (χ0n) is 57.6. The molecule has 0 radical (unpaired) electrons. The van der Waals surface area contributed by atoms with Gasteiger partial charge in [0.25, 0.3) is 23.6 Å². The van der Waals surface area contributed by atoms with E-state index in [4.69, 9.17) is 23.9 Å². The Bertz CT molecular complexity index is 4220. The first-order valence-electron chi connectivity index (χ1n) is 34.4. The van der Waals surface area contributed by atoms with Crippen molar-refractivity contribution >= 4 is 74.4 Å². The molecule has 500 valence electrons. The van der Waals surface area contributed by atoms with Gasteiger partial charge in [0.2, 0.25) is 0 Å². The lowest BCUT2D eigenvalue weighted by Gasteiger charge is -2.28. The van der Waals surface area contributed by atoms with E-state index in [0.717, 1.165) is 81.3 Å². The van der Waals surface area contributed by atoms with Gasteiger partial charge < -0.3 is 55.5 Å². The second kappa shape index (κ2) is 26.1. The zero-order chi connectivity index (χ0) is 67.6. The fourth-order valence-corrected chi connectivity index (χ4v) is 13.9. The van der Waals surface area contributed by atoms with Crippen molar-refractivity contribution < 1.29 is 38.1 Å². The van der Waals surface area contributed by atoms with E-state index >= 15 is 0 Å². The number of nitrogens with one attached hydrogen (secondary N) is 7. The summed E-state index contributed by atoms with van der Waals surface area (Å²) in [6, 6.07) is 32.8. The lowest BCUT2D eigenvalue weighted by Crippen LogP contribution is -2.31. The summed E-state index contributed by atoms with van der Waals surface area (Å²) in [5.41, 5.74) is 15.0. The number of fused-ring (bicyclic) bond motifs is 7. The van der Waals surface area contributed by atoms with E-state index in [0.29, 0.717) is 125 Å². The fourth-order valence-electron chi connectivity index (χ4n) is 13.9. The van der Waals surface area contributed by atoms with E-state index in [1.807, 2.05) is 42.5 Å². The van der Waals surface area contributed by atoms with Gasteiger partial charge >= 0.3 is 0 Å². The molecule has 1 unspecified atom stereocenters. The number of rotatable bonds is 12. The van der Waals surface area contributed by atoms with Crippen LogP contribution in [0, 0.1) is 0 Å². The van der Waals surface area contributed by atoms with Crippen LogP contribution in [-0.4, -0.2) is 96.2 Å². The van der Waals surface area contributed by atoms with E-state index in [-0.39, 0.29) is 45.3 Å². The number of aromatic nitrogens is 2. The van der Waals surface area contributed by atoms with Gasteiger partial charge in [-0.1, -0.05) is 138 Å². The van der Waals surface area contributed by atoms with Crippen LogP contribution in [0.1, 0.15) is 190 Å². The van der Waals surface area contributed by atoms with Crippen molar-refractivity contribution in [1.82, 2.24) is 15.3 Å². The molecule has 4 amide bonds. The number of H-pyrrole nitrogens is 2. The molecule has 7 aliphatic heterocycles. The third kappa shape index (κ3) is 13.6. The topological polar surface area (TPSA) is 209 Å². The molecule has 8 bridgehead atoms.